The second-order valence-corrected chi connectivity index (χ2v) is 6.83. The van der Waals surface area contributed by atoms with E-state index >= 15 is 0 Å². The van der Waals surface area contributed by atoms with Gasteiger partial charge in [-0.1, -0.05) is 29.8 Å². The minimum Gasteiger partial charge on any atom is -0.261 e. The Morgan fingerprint density at radius 3 is 2.73 bits per heavy atom. The Morgan fingerprint density at radius 1 is 1.18 bits per heavy atom. The van der Waals surface area contributed by atoms with E-state index in [0.29, 0.717) is 5.02 Å². The molecule has 6 heteroatoms. The van der Waals surface area contributed by atoms with Crippen molar-refractivity contribution in [2.75, 3.05) is 7.05 Å². The van der Waals surface area contributed by atoms with Crippen LogP contribution < -0.4 is 4.80 Å². The number of aromatic nitrogens is 1. The lowest BCUT2D eigenvalue weighted by Crippen LogP contribution is -2.13. The van der Waals surface area contributed by atoms with Gasteiger partial charge in [0.25, 0.3) is 0 Å². The van der Waals surface area contributed by atoms with Gasteiger partial charge in [-0.2, -0.15) is 5.10 Å². The summed E-state index contributed by atoms with van der Waals surface area (Å²) in [4.78, 5) is 6.32. The van der Waals surface area contributed by atoms with Crippen LogP contribution in [0, 0.1) is 0 Å². The van der Waals surface area contributed by atoms with Crippen molar-refractivity contribution >= 4 is 40.0 Å². The summed E-state index contributed by atoms with van der Waals surface area (Å²) in [6.07, 6.45) is 0. The normalized spacial score (nSPS) is 12.9. The first kappa shape index (κ1) is 15.2. The highest BCUT2D eigenvalue weighted by molar-refractivity contribution is 7.12. The van der Waals surface area contributed by atoms with Crippen LogP contribution in [0.3, 0.4) is 0 Å². The molecule has 0 unspecified atom stereocenters. The number of rotatable bonds is 3. The van der Waals surface area contributed by atoms with Gasteiger partial charge in [0.05, 0.1) is 16.3 Å². The average molecular weight is 348 g/mol. The van der Waals surface area contributed by atoms with Crippen LogP contribution in [-0.2, 0) is 0 Å². The molecule has 3 rings (SSSR count). The van der Waals surface area contributed by atoms with Crippen LogP contribution in [0.25, 0.3) is 11.3 Å². The molecule has 0 bridgehead atoms. The molecule has 0 aliphatic carbocycles. The molecule has 0 radical (unpaired) electrons. The monoisotopic (exact) mass is 347 g/mol. The van der Waals surface area contributed by atoms with Crippen molar-refractivity contribution in [3.8, 4) is 11.3 Å². The van der Waals surface area contributed by atoms with Crippen molar-refractivity contribution < 1.29 is 0 Å². The lowest BCUT2D eigenvalue weighted by molar-refractivity contribution is 0.842. The van der Waals surface area contributed by atoms with Crippen LogP contribution in [0.5, 0.6) is 0 Å². The van der Waals surface area contributed by atoms with Gasteiger partial charge < -0.3 is 0 Å². The molecule has 112 valence electrons. The van der Waals surface area contributed by atoms with Crippen molar-refractivity contribution in [3.05, 3.63) is 61.9 Å². The van der Waals surface area contributed by atoms with E-state index in [-0.39, 0.29) is 0 Å². The van der Waals surface area contributed by atoms with Gasteiger partial charge in [-0.15, -0.1) is 22.7 Å². The molecule has 1 aromatic carbocycles. The molecule has 0 saturated heterocycles. The Hall–Kier alpha value is -1.69. The first-order valence-corrected chi connectivity index (χ1v) is 8.81. The number of hydrogen-bond donors (Lipinski definition) is 0. The fraction of sp³-hybridized carbons (Fsp3) is 0.125. The molecule has 2 heterocycles. The first-order valence-electron chi connectivity index (χ1n) is 6.68. The van der Waals surface area contributed by atoms with Gasteiger partial charge >= 0.3 is 0 Å². The maximum absolute atomic E-state index is 6.11. The van der Waals surface area contributed by atoms with E-state index in [1.54, 1.807) is 29.7 Å². The van der Waals surface area contributed by atoms with E-state index in [1.165, 1.54) is 0 Å². The third-order valence-electron chi connectivity index (χ3n) is 3.12. The molecular weight excluding hydrogens is 334 g/mol. The van der Waals surface area contributed by atoms with Crippen LogP contribution >= 0.6 is 34.3 Å². The molecular formula is C16H14ClN3S2. The molecule has 0 aliphatic heterocycles. The molecule has 0 fully saturated rings. The van der Waals surface area contributed by atoms with Crippen LogP contribution in [0.15, 0.2) is 57.3 Å². The maximum atomic E-state index is 6.11. The quantitative estimate of drug-likeness (QED) is 0.613. The molecule has 0 atom stereocenters. The number of halogens is 1. The molecule has 3 nitrogen and oxygen atoms in total. The summed E-state index contributed by atoms with van der Waals surface area (Å²) in [5.74, 6) is 0. The summed E-state index contributed by atoms with van der Waals surface area (Å²) < 4.78 is 1.88. The third kappa shape index (κ3) is 3.06. The predicted octanol–water partition coefficient (Wildman–Crippen LogP) is 4.73. The summed E-state index contributed by atoms with van der Waals surface area (Å²) in [6.45, 7) is 2.01. The molecule has 22 heavy (non-hydrogen) atoms. The molecule has 0 saturated carbocycles. The summed E-state index contributed by atoms with van der Waals surface area (Å²) in [5.41, 5.74) is 2.98. The van der Waals surface area contributed by atoms with E-state index < -0.39 is 0 Å². The number of thiazole rings is 1. The van der Waals surface area contributed by atoms with Crippen molar-refractivity contribution in [1.82, 2.24) is 4.68 Å². The van der Waals surface area contributed by atoms with Gasteiger partial charge in [0.15, 0.2) is 0 Å². The van der Waals surface area contributed by atoms with Gasteiger partial charge in [0, 0.05) is 23.0 Å². The largest absolute Gasteiger partial charge is 0.261 e. The standard InChI is InChI=1S/C16H14ClN3S2/c1-11(15-7-4-8-21-15)19-20-14(10-22-16(20)18-2)12-5-3-6-13(17)9-12/h3-10H,1-2H3. The predicted molar refractivity (Wildman–Crippen MR) is 96.2 cm³/mol. The lowest BCUT2D eigenvalue weighted by atomic mass is 10.2. The van der Waals surface area contributed by atoms with Crippen molar-refractivity contribution in [2.24, 2.45) is 10.1 Å². The summed E-state index contributed by atoms with van der Waals surface area (Å²) in [7, 11) is 1.78. The van der Waals surface area contributed by atoms with Crippen molar-refractivity contribution in [2.45, 2.75) is 6.92 Å². The zero-order chi connectivity index (χ0) is 15.5. The van der Waals surface area contributed by atoms with E-state index in [9.17, 15) is 0 Å². The maximum Gasteiger partial charge on any atom is 0.205 e. The SMILES string of the molecule is CN=c1scc(-c2cccc(Cl)c2)n1N=C(C)c1cccs1. The van der Waals surface area contributed by atoms with E-state index in [1.807, 2.05) is 41.9 Å². The van der Waals surface area contributed by atoms with Crippen LogP contribution in [0.1, 0.15) is 11.8 Å². The highest BCUT2D eigenvalue weighted by Gasteiger charge is 2.09. The zero-order valence-electron chi connectivity index (χ0n) is 12.2. The zero-order valence-corrected chi connectivity index (χ0v) is 14.5. The second-order valence-electron chi connectivity index (χ2n) is 4.61. The molecule has 2 aromatic heterocycles. The van der Waals surface area contributed by atoms with Gasteiger partial charge in [-0.25, -0.2) is 4.68 Å². The smallest absolute Gasteiger partial charge is 0.205 e. The Balaban J connectivity index is 2.15. The number of benzene rings is 1. The average Bonchev–Trinajstić information content (AvgIpc) is 3.16. The fourth-order valence-electron chi connectivity index (χ4n) is 2.08. The molecule has 0 N–H and O–H groups in total. The van der Waals surface area contributed by atoms with Gasteiger partial charge in [0.2, 0.25) is 4.80 Å². The molecule has 3 aromatic rings. The van der Waals surface area contributed by atoms with Gasteiger partial charge in [0.1, 0.15) is 0 Å². The highest BCUT2D eigenvalue weighted by atomic mass is 35.5. The Bertz CT molecular complexity index is 873. The number of nitrogens with zero attached hydrogens (tertiary/aromatic N) is 3. The molecule has 0 spiro atoms. The summed E-state index contributed by atoms with van der Waals surface area (Å²) in [5, 5.41) is 9.57. The van der Waals surface area contributed by atoms with E-state index in [2.05, 4.69) is 21.8 Å². The number of hydrogen-bond acceptors (Lipinski definition) is 4. The van der Waals surface area contributed by atoms with Crippen molar-refractivity contribution in [1.29, 1.82) is 0 Å². The third-order valence-corrected chi connectivity index (χ3v) is 5.25. The molecule has 0 aliphatic rings. The van der Waals surface area contributed by atoms with Crippen LogP contribution in [0.2, 0.25) is 5.02 Å². The van der Waals surface area contributed by atoms with Crippen molar-refractivity contribution in [3.63, 3.8) is 0 Å². The highest BCUT2D eigenvalue weighted by Crippen LogP contribution is 2.23. The minimum atomic E-state index is 0.712. The van der Waals surface area contributed by atoms with E-state index in [4.69, 9.17) is 16.7 Å². The van der Waals surface area contributed by atoms with Gasteiger partial charge in [-0.05, 0) is 30.5 Å². The molecule has 0 amide bonds. The topological polar surface area (TPSA) is 29.6 Å². The fourth-order valence-corrected chi connectivity index (χ4v) is 3.74. The van der Waals surface area contributed by atoms with E-state index in [0.717, 1.165) is 26.6 Å². The summed E-state index contributed by atoms with van der Waals surface area (Å²) >= 11 is 9.35. The minimum absolute atomic E-state index is 0.712. The Kier molecular flexibility index (Phi) is 4.57. The van der Waals surface area contributed by atoms with Crippen LogP contribution in [0.4, 0.5) is 0 Å². The first-order chi connectivity index (χ1) is 10.7. The Morgan fingerprint density at radius 2 is 2.05 bits per heavy atom. The second kappa shape index (κ2) is 6.60. The summed E-state index contributed by atoms with van der Waals surface area (Å²) in [6, 6.07) is 11.9. The lowest BCUT2D eigenvalue weighted by Gasteiger charge is -2.05. The Labute approximate surface area is 141 Å². The number of thiophene rings is 1. The van der Waals surface area contributed by atoms with Crippen LogP contribution in [-0.4, -0.2) is 17.4 Å². The van der Waals surface area contributed by atoms with Gasteiger partial charge in [-0.3, -0.25) is 4.99 Å².